The minimum absolute atomic E-state index is 0.0335. The van der Waals surface area contributed by atoms with Crippen molar-refractivity contribution < 1.29 is 4.79 Å². The summed E-state index contributed by atoms with van der Waals surface area (Å²) in [7, 11) is 3.40. The van der Waals surface area contributed by atoms with Crippen LogP contribution in [0.5, 0.6) is 0 Å². The molecule has 0 radical (unpaired) electrons. The Morgan fingerprint density at radius 3 is 2.71 bits per heavy atom. The molecule has 17 heavy (non-hydrogen) atoms. The molecule has 90 valence electrons. The average Bonchev–Trinajstić information content (AvgIpc) is 2.28. The molecule has 1 aromatic carbocycles. The molecule has 0 aliphatic rings. The molecule has 0 saturated carbocycles. The summed E-state index contributed by atoms with van der Waals surface area (Å²) in [5.74, 6) is -0.0335. The second-order valence-electron chi connectivity index (χ2n) is 3.87. The molecule has 5 heteroatoms. The van der Waals surface area contributed by atoms with Crippen molar-refractivity contribution in [2.45, 2.75) is 13.0 Å². The number of carbonyl (C=O) groups is 1. The maximum Gasteiger partial charge on any atom is 0.244 e. The third kappa shape index (κ3) is 3.21. The van der Waals surface area contributed by atoms with Gasteiger partial charge in [0.1, 0.15) is 12.1 Å². The van der Waals surface area contributed by atoms with Gasteiger partial charge in [0.25, 0.3) is 0 Å². The average molecular weight is 296 g/mol. The first-order valence-corrected chi connectivity index (χ1v) is 5.93. The zero-order valence-corrected chi connectivity index (χ0v) is 11.6. The molecule has 1 amide bonds. The van der Waals surface area contributed by atoms with E-state index in [1.807, 2.05) is 6.07 Å². The first kappa shape index (κ1) is 13.5. The van der Waals surface area contributed by atoms with Crippen molar-refractivity contribution >= 4 is 27.5 Å². The molecule has 0 heterocycles. The molecule has 1 rings (SSSR count). The van der Waals surface area contributed by atoms with Gasteiger partial charge in [-0.15, -0.1) is 0 Å². The van der Waals surface area contributed by atoms with E-state index in [1.165, 1.54) is 4.90 Å². The second-order valence-corrected chi connectivity index (χ2v) is 4.73. The topological polar surface area (TPSA) is 56.1 Å². The number of nitrogens with zero attached hydrogens (tertiary/aromatic N) is 2. The highest BCUT2D eigenvalue weighted by atomic mass is 79.9. The maximum absolute atomic E-state index is 11.7. The van der Waals surface area contributed by atoms with Gasteiger partial charge in [0.15, 0.2) is 0 Å². The number of halogens is 1. The zero-order chi connectivity index (χ0) is 13.0. The molecule has 0 aliphatic heterocycles. The zero-order valence-electron chi connectivity index (χ0n) is 9.99. The highest BCUT2D eigenvalue weighted by molar-refractivity contribution is 9.10. The van der Waals surface area contributed by atoms with Gasteiger partial charge in [-0.25, -0.2) is 0 Å². The Bertz CT molecular complexity index is 465. The van der Waals surface area contributed by atoms with Crippen LogP contribution in [0.4, 0.5) is 5.69 Å². The molecule has 0 spiro atoms. The smallest absolute Gasteiger partial charge is 0.244 e. The molecular formula is C12H14BrN3O. The van der Waals surface area contributed by atoms with Gasteiger partial charge in [-0.3, -0.25) is 4.79 Å². The lowest BCUT2D eigenvalue weighted by Gasteiger charge is -2.19. The first-order valence-electron chi connectivity index (χ1n) is 5.13. The van der Waals surface area contributed by atoms with Crippen LogP contribution in [0.2, 0.25) is 0 Å². The molecule has 0 saturated heterocycles. The summed E-state index contributed by atoms with van der Waals surface area (Å²) in [5.41, 5.74) is 1.16. The largest absolute Gasteiger partial charge is 0.373 e. The predicted octanol–water partition coefficient (Wildman–Crippen LogP) is 2.21. The maximum atomic E-state index is 11.7. The van der Waals surface area contributed by atoms with Gasteiger partial charge in [-0.05, 0) is 35.0 Å². The summed E-state index contributed by atoms with van der Waals surface area (Å²) in [6.07, 6.45) is 0. The van der Waals surface area contributed by atoms with Crippen LogP contribution >= 0.6 is 15.9 Å². The Kier molecular flexibility index (Phi) is 4.53. The number of nitrogens with one attached hydrogen (secondary N) is 1. The number of likely N-dealkylation sites (N-methyl/N-ethyl adjacent to an activating group) is 1. The van der Waals surface area contributed by atoms with E-state index in [2.05, 4.69) is 27.3 Å². The Balaban J connectivity index is 2.93. The van der Waals surface area contributed by atoms with E-state index in [0.717, 1.165) is 4.47 Å². The number of hydrogen-bond donors (Lipinski definition) is 1. The van der Waals surface area contributed by atoms with E-state index >= 15 is 0 Å². The number of hydrogen-bond acceptors (Lipinski definition) is 3. The molecule has 1 aromatic rings. The lowest BCUT2D eigenvalue weighted by Crippen LogP contribution is -2.36. The van der Waals surface area contributed by atoms with Gasteiger partial charge in [0.2, 0.25) is 5.91 Å². The van der Waals surface area contributed by atoms with E-state index in [-0.39, 0.29) is 11.9 Å². The summed E-state index contributed by atoms with van der Waals surface area (Å²) < 4.78 is 0.717. The van der Waals surface area contributed by atoms with E-state index in [4.69, 9.17) is 5.26 Å². The Hall–Kier alpha value is -1.54. The van der Waals surface area contributed by atoms with E-state index in [1.54, 1.807) is 33.2 Å². The molecule has 1 unspecified atom stereocenters. The van der Waals surface area contributed by atoms with Crippen LogP contribution < -0.4 is 5.32 Å². The summed E-state index contributed by atoms with van der Waals surface area (Å²) in [6, 6.07) is 7.13. The molecule has 0 bridgehead atoms. The van der Waals surface area contributed by atoms with Crippen LogP contribution in [0.25, 0.3) is 0 Å². The Morgan fingerprint density at radius 2 is 2.18 bits per heavy atom. The van der Waals surface area contributed by atoms with Gasteiger partial charge in [-0.1, -0.05) is 6.07 Å². The van der Waals surface area contributed by atoms with Crippen LogP contribution in [-0.4, -0.2) is 30.9 Å². The minimum atomic E-state index is -0.369. The monoisotopic (exact) mass is 295 g/mol. The Labute approximate surface area is 109 Å². The van der Waals surface area contributed by atoms with Gasteiger partial charge in [-0.2, -0.15) is 5.26 Å². The molecule has 4 nitrogen and oxygen atoms in total. The third-order valence-corrected chi connectivity index (χ3v) is 2.97. The third-order valence-electron chi connectivity index (χ3n) is 2.31. The first-order chi connectivity index (χ1) is 7.97. The molecule has 0 aromatic heterocycles. The SMILES string of the molecule is CC(Nc1cccc(Br)c1C#N)C(=O)N(C)C. The molecule has 0 fully saturated rings. The fourth-order valence-corrected chi connectivity index (χ4v) is 1.90. The van der Waals surface area contributed by atoms with Crippen molar-refractivity contribution in [1.82, 2.24) is 4.90 Å². The summed E-state index contributed by atoms with van der Waals surface area (Å²) >= 11 is 3.31. The van der Waals surface area contributed by atoms with Crippen LogP contribution in [-0.2, 0) is 4.79 Å². The summed E-state index contributed by atoms with van der Waals surface area (Å²) in [6.45, 7) is 1.77. The molecule has 1 atom stereocenters. The van der Waals surface area contributed by atoms with Crippen molar-refractivity contribution in [1.29, 1.82) is 5.26 Å². The number of carbonyl (C=O) groups excluding carboxylic acids is 1. The number of rotatable bonds is 3. The highest BCUT2D eigenvalue weighted by Crippen LogP contribution is 2.24. The highest BCUT2D eigenvalue weighted by Gasteiger charge is 2.16. The number of amides is 1. The number of benzene rings is 1. The van der Waals surface area contributed by atoms with Crippen molar-refractivity contribution in [2.24, 2.45) is 0 Å². The molecule has 0 aliphatic carbocycles. The predicted molar refractivity (Wildman–Crippen MR) is 70.6 cm³/mol. The summed E-state index contributed by atoms with van der Waals surface area (Å²) in [4.78, 5) is 13.2. The van der Waals surface area contributed by atoms with Crippen LogP contribution in [0.3, 0.4) is 0 Å². The van der Waals surface area contributed by atoms with Crippen molar-refractivity contribution in [3.8, 4) is 6.07 Å². The second kappa shape index (κ2) is 5.69. The van der Waals surface area contributed by atoms with Gasteiger partial charge in [0, 0.05) is 18.6 Å². The fraction of sp³-hybridized carbons (Fsp3) is 0.333. The fourth-order valence-electron chi connectivity index (χ4n) is 1.44. The lowest BCUT2D eigenvalue weighted by molar-refractivity contribution is -0.129. The normalized spacial score (nSPS) is 11.5. The molecule has 1 N–H and O–H groups in total. The van der Waals surface area contributed by atoms with Gasteiger partial charge < -0.3 is 10.2 Å². The van der Waals surface area contributed by atoms with E-state index in [0.29, 0.717) is 11.3 Å². The summed E-state index contributed by atoms with van der Waals surface area (Å²) in [5, 5.41) is 12.1. The Morgan fingerprint density at radius 1 is 1.53 bits per heavy atom. The quantitative estimate of drug-likeness (QED) is 0.930. The van der Waals surface area contributed by atoms with Crippen LogP contribution in [0, 0.1) is 11.3 Å². The van der Waals surface area contributed by atoms with Gasteiger partial charge in [0.05, 0.1) is 11.3 Å². The van der Waals surface area contributed by atoms with Crippen molar-refractivity contribution in [3.63, 3.8) is 0 Å². The van der Waals surface area contributed by atoms with Crippen LogP contribution in [0.15, 0.2) is 22.7 Å². The van der Waals surface area contributed by atoms with Crippen molar-refractivity contribution in [3.05, 3.63) is 28.2 Å². The molecular weight excluding hydrogens is 282 g/mol. The lowest BCUT2D eigenvalue weighted by atomic mass is 10.1. The number of nitriles is 1. The standard InChI is InChI=1S/C12H14BrN3O/c1-8(12(17)16(2)3)15-11-6-4-5-10(13)9(11)7-14/h4-6,8,15H,1-3H3. The number of anilines is 1. The van der Waals surface area contributed by atoms with Crippen molar-refractivity contribution in [2.75, 3.05) is 19.4 Å². The minimum Gasteiger partial charge on any atom is -0.373 e. The van der Waals surface area contributed by atoms with Gasteiger partial charge >= 0.3 is 0 Å². The van der Waals surface area contributed by atoms with E-state index in [9.17, 15) is 4.79 Å². The van der Waals surface area contributed by atoms with Crippen LogP contribution in [0.1, 0.15) is 12.5 Å². The van der Waals surface area contributed by atoms with E-state index < -0.39 is 0 Å².